The Balaban J connectivity index is 1.30. The van der Waals surface area contributed by atoms with Crippen molar-refractivity contribution in [3.63, 3.8) is 0 Å². The minimum absolute atomic E-state index is 0.887. The lowest BCUT2D eigenvalue weighted by atomic mass is 10.1. The van der Waals surface area contributed by atoms with Crippen molar-refractivity contribution in [1.29, 1.82) is 0 Å². The third-order valence-electron chi connectivity index (χ3n) is 5.37. The number of nitrogens with zero attached hydrogens (tertiary/aromatic N) is 6. The zero-order chi connectivity index (χ0) is 17.6. The molecule has 0 atom stereocenters. The van der Waals surface area contributed by atoms with Gasteiger partial charge in [-0.25, -0.2) is 4.98 Å². The highest BCUT2D eigenvalue weighted by molar-refractivity contribution is 5.44. The Morgan fingerprint density at radius 3 is 2.38 bits per heavy atom. The Labute approximate surface area is 155 Å². The summed E-state index contributed by atoms with van der Waals surface area (Å²) in [5.41, 5.74) is 1.17. The minimum Gasteiger partial charge on any atom is -0.356 e. The lowest BCUT2D eigenvalue weighted by Crippen LogP contribution is -2.47. The molecule has 6 nitrogen and oxygen atoms in total. The van der Waals surface area contributed by atoms with E-state index in [0.29, 0.717) is 0 Å². The smallest absolute Gasteiger partial charge is 0.227 e. The molecule has 0 unspecified atom stereocenters. The lowest BCUT2D eigenvalue weighted by Gasteiger charge is -2.35. The molecule has 0 spiro atoms. The molecule has 26 heavy (non-hydrogen) atoms. The highest BCUT2D eigenvalue weighted by atomic mass is 15.3. The van der Waals surface area contributed by atoms with Gasteiger partial charge >= 0.3 is 0 Å². The van der Waals surface area contributed by atoms with Gasteiger partial charge in [-0.2, -0.15) is 4.98 Å². The van der Waals surface area contributed by atoms with E-state index in [4.69, 9.17) is 4.98 Å². The van der Waals surface area contributed by atoms with Crippen molar-refractivity contribution in [3.8, 4) is 0 Å². The predicted molar refractivity (Wildman–Crippen MR) is 105 cm³/mol. The van der Waals surface area contributed by atoms with Crippen molar-refractivity contribution in [2.45, 2.75) is 25.7 Å². The van der Waals surface area contributed by atoms with Gasteiger partial charge in [0.2, 0.25) is 5.95 Å². The van der Waals surface area contributed by atoms with E-state index in [0.717, 1.165) is 64.0 Å². The number of anilines is 2. The normalized spacial score (nSPS) is 18.9. The fourth-order valence-corrected chi connectivity index (χ4v) is 3.78. The molecule has 0 saturated carbocycles. The standard InChI is InChI=1S/C20H28N6/c1-4-11-25(12-5-1)19-7-10-22-20(23-19)26-16-14-24(15-17-26)13-8-18-6-2-3-9-21-18/h2-3,6-7,9-10H,1,4-5,8,11-17H2. The van der Waals surface area contributed by atoms with Gasteiger partial charge in [0.05, 0.1) is 0 Å². The average molecular weight is 352 g/mol. The summed E-state index contributed by atoms with van der Waals surface area (Å²) in [6, 6.07) is 8.20. The summed E-state index contributed by atoms with van der Waals surface area (Å²) in [5, 5.41) is 0. The Bertz CT molecular complexity index is 678. The second-order valence-electron chi connectivity index (χ2n) is 7.16. The number of piperidine rings is 1. The predicted octanol–water partition coefficient (Wildman–Crippen LogP) is 2.23. The van der Waals surface area contributed by atoms with Crippen molar-refractivity contribution in [1.82, 2.24) is 19.9 Å². The van der Waals surface area contributed by atoms with Crippen LogP contribution in [0.5, 0.6) is 0 Å². The first kappa shape index (κ1) is 17.2. The Kier molecular flexibility index (Phi) is 5.59. The van der Waals surface area contributed by atoms with E-state index in [-0.39, 0.29) is 0 Å². The molecule has 6 heteroatoms. The molecular weight excluding hydrogens is 324 g/mol. The van der Waals surface area contributed by atoms with Gasteiger partial charge in [0.25, 0.3) is 0 Å². The maximum absolute atomic E-state index is 4.85. The third-order valence-corrected chi connectivity index (χ3v) is 5.37. The van der Waals surface area contributed by atoms with Crippen LogP contribution in [0, 0.1) is 0 Å². The van der Waals surface area contributed by atoms with Crippen molar-refractivity contribution >= 4 is 11.8 Å². The van der Waals surface area contributed by atoms with Gasteiger partial charge < -0.3 is 9.80 Å². The van der Waals surface area contributed by atoms with Crippen LogP contribution < -0.4 is 9.80 Å². The average Bonchev–Trinajstić information content (AvgIpc) is 2.74. The maximum atomic E-state index is 4.85. The van der Waals surface area contributed by atoms with E-state index in [1.54, 1.807) is 0 Å². The van der Waals surface area contributed by atoms with Crippen LogP contribution in [-0.2, 0) is 6.42 Å². The SMILES string of the molecule is c1ccc(CCN2CCN(c3nccc(N4CCCCC4)n3)CC2)nc1. The molecule has 2 aromatic rings. The van der Waals surface area contributed by atoms with Gasteiger partial charge in [0.15, 0.2) is 0 Å². The number of hydrogen-bond acceptors (Lipinski definition) is 6. The third kappa shape index (κ3) is 4.30. The van der Waals surface area contributed by atoms with Crippen molar-refractivity contribution in [2.75, 3.05) is 55.6 Å². The number of piperazine rings is 1. The molecule has 4 heterocycles. The summed E-state index contributed by atoms with van der Waals surface area (Å²) in [6.45, 7) is 7.42. The van der Waals surface area contributed by atoms with E-state index in [9.17, 15) is 0 Å². The van der Waals surface area contributed by atoms with E-state index < -0.39 is 0 Å². The highest BCUT2D eigenvalue weighted by Crippen LogP contribution is 2.20. The molecule has 0 aliphatic carbocycles. The summed E-state index contributed by atoms with van der Waals surface area (Å²) in [5.74, 6) is 1.98. The molecule has 2 aliphatic rings. The summed E-state index contributed by atoms with van der Waals surface area (Å²) in [4.78, 5) is 21.0. The first-order valence-corrected chi connectivity index (χ1v) is 9.84. The molecule has 0 amide bonds. The van der Waals surface area contributed by atoms with Crippen LogP contribution in [0.15, 0.2) is 36.7 Å². The highest BCUT2D eigenvalue weighted by Gasteiger charge is 2.20. The number of aromatic nitrogens is 3. The molecule has 2 aromatic heterocycles. The molecule has 0 N–H and O–H groups in total. The van der Waals surface area contributed by atoms with Crippen molar-refractivity contribution in [2.24, 2.45) is 0 Å². The summed E-state index contributed by atoms with van der Waals surface area (Å²) < 4.78 is 0. The van der Waals surface area contributed by atoms with E-state index >= 15 is 0 Å². The van der Waals surface area contributed by atoms with Crippen LogP contribution in [0.1, 0.15) is 25.0 Å². The Morgan fingerprint density at radius 1 is 0.769 bits per heavy atom. The maximum Gasteiger partial charge on any atom is 0.227 e. The molecule has 2 fully saturated rings. The molecule has 0 aromatic carbocycles. The zero-order valence-electron chi connectivity index (χ0n) is 15.4. The first-order valence-electron chi connectivity index (χ1n) is 9.84. The van der Waals surface area contributed by atoms with Crippen LogP contribution in [0.25, 0.3) is 0 Å². The lowest BCUT2D eigenvalue weighted by molar-refractivity contribution is 0.259. The fraction of sp³-hybridized carbons (Fsp3) is 0.550. The second kappa shape index (κ2) is 8.45. The van der Waals surface area contributed by atoms with Crippen LogP contribution in [0.2, 0.25) is 0 Å². The van der Waals surface area contributed by atoms with E-state index in [2.05, 4.69) is 42.9 Å². The molecule has 2 saturated heterocycles. The van der Waals surface area contributed by atoms with Crippen LogP contribution in [0.4, 0.5) is 11.8 Å². The molecular formula is C20H28N6. The Morgan fingerprint density at radius 2 is 1.62 bits per heavy atom. The fourth-order valence-electron chi connectivity index (χ4n) is 3.78. The number of hydrogen-bond donors (Lipinski definition) is 0. The molecule has 0 bridgehead atoms. The summed E-state index contributed by atoms with van der Waals surface area (Å²) in [6.07, 6.45) is 8.69. The molecule has 138 valence electrons. The van der Waals surface area contributed by atoms with Crippen LogP contribution in [-0.4, -0.2) is 65.7 Å². The zero-order valence-corrected chi connectivity index (χ0v) is 15.4. The molecule has 0 radical (unpaired) electrons. The van der Waals surface area contributed by atoms with Gasteiger partial charge in [0.1, 0.15) is 5.82 Å². The molecule has 4 rings (SSSR count). The quantitative estimate of drug-likeness (QED) is 0.822. The first-order chi connectivity index (χ1) is 12.9. The monoisotopic (exact) mass is 352 g/mol. The van der Waals surface area contributed by atoms with Crippen molar-refractivity contribution in [3.05, 3.63) is 42.4 Å². The van der Waals surface area contributed by atoms with E-state index in [1.807, 2.05) is 18.5 Å². The van der Waals surface area contributed by atoms with Gasteiger partial charge in [-0.1, -0.05) is 6.07 Å². The largest absolute Gasteiger partial charge is 0.356 e. The van der Waals surface area contributed by atoms with Gasteiger partial charge in [-0.05, 0) is 37.5 Å². The van der Waals surface area contributed by atoms with Gasteiger partial charge in [-0.15, -0.1) is 0 Å². The van der Waals surface area contributed by atoms with Crippen LogP contribution >= 0.6 is 0 Å². The number of pyridine rings is 1. The second-order valence-corrected chi connectivity index (χ2v) is 7.16. The van der Waals surface area contributed by atoms with Gasteiger partial charge in [-0.3, -0.25) is 9.88 Å². The number of rotatable bonds is 5. The Hall–Kier alpha value is -2.21. The topological polar surface area (TPSA) is 48.4 Å². The summed E-state index contributed by atoms with van der Waals surface area (Å²) >= 11 is 0. The minimum atomic E-state index is 0.887. The van der Waals surface area contributed by atoms with Gasteiger partial charge in [0, 0.05) is 70.3 Å². The summed E-state index contributed by atoms with van der Waals surface area (Å²) in [7, 11) is 0. The van der Waals surface area contributed by atoms with E-state index in [1.165, 1.54) is 25.0 Å². The van der Waals surface area contributed by atoms with Crippen LogP contribution in [0.3, 0.4) is 0 Å². The van der Waals surface area contributed by atoms with Crippen molar-refractivity contribution < 1.29 is 0 Å². The molecule has 2 aliphatic heterocycles.